The number of halogens is 1. The van der Waals surface area contributed by atoms with E-state index in [0.29, 0.717) is 18.1 Å². The maximum atomic E-state index is 14.2. The molecule has 7 heteroatoms. The number of nitrogens with zero attached hydrogens (tertiary/aromatic N) is 3. The van der Waals surface area contributed by atoms with Gasteiger partial charge in [0.2, 0.25) is 11.8 Å². The van der Waals surface area contributed by atoms with Gasteiger partial charge in [0.1, 0.15) is 5.72 Å². The number of benzene rings is 3. The Bertz CT molecular complexity index is 1440. The van der Waals surface area contributed by atoms with Gasteiger partial charge >= 0.3 is 0 Å². The zero-order valence-electron chi connectivity index (χ0n) is 21.3. The Labute approximate surface area is 216 Å². The van der Waals surface area contributed by atoms with Gasteiger partial charge in [-0.3, -0.25) is 4.90 Å². The normalized spacial score (nSPS) is 20.8. The topological polar surface area (TPSA) is 60.6 Å². The van der Waals surface area contributed by atoms with E-state index in [1.165, 1.54) is 29.9 Å². The molecule has 1 aliphatic heterocycles. The van der Waals surface area contributed by atoms with Crippen LogP contribution in [-0.4, -0.2) is 40.1 Å². The summed E-state index contributed by atoms with van der Waals surface area (Å²) in [4.78, 5) is 2.54. The number of ether oxygens (including phenoxy) is 2. The van der Waals surface area contributed by atoms with Crippen molar-refractivity contribution in [3.63, 3.8) is 0 Å². The fourth-order valence-electron chi connectivity index (χ4n) is 5.75. The first-order valence-electron chi connectivity index (χ1n) is 12.6. The molecule has 0 radical (unpaired) electrons. The first-order valence-corrected chi connectivity index (χ1v) is 12.6. The van der Waals surface area contributed by atoms with E-state index in [-0.39, 0.29) is 22.9 Å². The quantitative estimate of drug-likeness (QED) is 0.333. The fraction of sp³-hybridized carbons (Fsp3) is 0.333. The molecule has 0 unspecified atom stereocenters. The average molecular weight is 500 g/mol. The fourth-order valence-corrected chi connectivity index (χ4v) is 5.75. The molecule has 6 nitrogen and oxygen atoms in total. The predicted octanol–water partition coefficient (Wildman–Crippen LogP) is 6.05. The van der Waals surface area contributed by atoms with Crippen molar-refractivity contribution in [2.45, 2.75) is 50.9 Å². The summed E-state index contributed by atoms with van der Waals surface area (Å²) in [7, 11) is 1.43. The predicted molar refractivity (Wildman–Crippen MR) is 138 cm³/mol. The van der Waals surface area contributed by atoms with Crippen molar-refractivity contribution in [1.29, 1.82) is 0 Å². The lowest BCUT2D eigenvalue weighted by atomic mass is 9.76. The summed E-state index contributed by atoms with van der Waals surface area (Å²) in [5, 5.41) is 8.43. The van der Waals surface area contributed by atoms with Gasteiger partial charge in [-0.1, -0.05) is 36.4 Å². The number of methoxy groups -OCH3 is 1. The van der Waals surface area contributed by atoms with Crippen LogP contribution in [0.3, 0.4) is 0 Å². The van der Waals surface area contributed by atoms with Gasteiger partial charge < -0.3 is 13.9 Å². The highest BCUT2D eigenvalue weighted by atomic mass is 19.1. The molecule has 1 aliphatic carbocycles. The van der Waals surface area contributed by atoms with Crippen molar-refractivity contribution >= 4 is 0 Å². The third-order valence-corrected chi connectivity index (χ3v) is 7.76. The minimum absolute atomic E-state index is 0.0778. The third kappa shape index (κ3) is 4.32. The van der Waals surface area contributed by atoms with E-state index in [2.05, 4.69) is 71.4 Å². The highest BCUT2D eigenvalue weighted by Crippen LogP contribution is 2.45. The van der Waals surface area contributed by atoms with Crippen LogP contribution in [0, 0.1) is 5.82 Å². The van der Waals surface area contributed by atoms with Crippen LogP contribution in [0.15, 0.2) is 71.1 Å². The smallest absolute Gasteiger partial charge is 0.248 e. The molecule has 1 saturated heterocycles. The van der Waals surface area contributed by atoms with E-state index >= 15 is 0 Å². The zero-order valence-corrected chi connectivity index (χ0v) is 21.3. The minimum Gasteiger partial charge on any atom is -0.494 e. The standard InChI is InChI=1S/C30H30FN3O3/c1-29(2)34(18-20-7-5-4-6-8-20)30(19-36-29)14-13-21-9-10-22(15-24(21)17-30)27-32-33-28(37-27)23-11-12-26(35-3)25(31)16-23/h4-12,15-16H,13-14,17-19H2,1-3H3/t30-/m0/s1. The Morgan fingerprint density at radius 3 is 2.41 bits per heavy atom. The van der Waals surface area contributed by atoms with Crippen LogP contribution < -0.4 is 4.74 Å². The number of rotatable bonds is 5. The van der Waals surface area contributed by atoms with Gasteiger partial charge in [-0.25, -0.2) is 4.39 Å². The molecule has 4 aromatic rings. The van der Waals surface area contributed by atoms with E-state index in [0.717, 1.165) is 31.4 Å². The van der Waals surface area contributed by atoms with Crippen molar-refractivity contribution in [2.75, 3.05) is 13.7 Å². The van der Waals surface area contributed by atoms with Crippen molar-refractivity contribution in [3.8, 4) is 28.7 Å². The average Bonchev–Trinajstić information content (AvgIpc) is 3.49. The van der Waals surface area contributed by atoms with Crippen LogP contribution in [0.4, 0.5) is 4.39 Å². The van der Waals surface area contributed by atoms with E-state index in [9.17, 15) is 4.39 Å². The summed E-state index contributed by atoms with van der Waals surface area (Å²) >= 11 is 0. The second-order valence-electron chi connectivity index (χ2n) is 10.5. The second kappa shape index (κ2) is 9.08. The summed E-state index contributed by atoms with van der Waals surface area (Å²) in [5.41, 5.74) is 4.85. The van der Waals surface area contributed by atoms with Crippen molar-refractivity contribution in [2.24, 2.45) is 0 Å². The number of fused-ring (bicyclic) bond motifs is 1. The Morgan fingerprint density at radius 2 is 1.68 bits per heavy atom. The highest BCUT2D eigenvalue weighted by molar-refractivity contribution is 5.60. The number of hydrogen-bond donors (Lipinski definition) is 0. The van der Waals surface area contributed by atoms with E-state index in [1.807, 2.05) is 6.07 Å². The molecule has 0 bridgehead atoms. The maximum Gasteiger partial charge on any atom is 0.248 e. The van der Waals surface area contributed by atoms with E-state index in [1.54, 1.807) is 12.1 Å². The van der Waals surface area contributed by atoms with Gasteiger partial charge in [-0.2, -0.15) is 0 Å². The van der Waals surface area contributed by atoms with Crippen LogP contribution in [-0.2, 0) is 24.1 Å². The van der Waals surface area contributed by atoms with Crippen LogP contribution in [0.1, 0.15) is 37.0 Å². The van der Waals surface area contributed by atoms with Crippen LogP contribution in [0.25, 0.3) is 22.9 Å². The molecule has 1 aromatic heterocycles. The molecule has 1 atom stereocenters. The van der Waals surface area contributed by atoms with Gasteiger partial charge in [-0.15, -0.1) is 10.2 Å². The largest absolute Gasteiger partial charge is 0.494 e. The molecule has 3 aromatic carbocycles. The van der Waals surface area contributed by atoms with Crippen molar-refractivity contribution < 1.29 is 18.3 Å². The van der Waals surface area contributed by atoms with Gasteiger partial charge in [0, 0.05) is 17.7 Å². The first-order chi connectivity index (χ1) is 17.9. The first kappa shape index (κ1) is 23.8. The molecule has 2 heterocycles. The summed E-state index contributed by atoms with van der Waals surface area (Å²) in [5.74, 6) is 0.386. The lowest BCUT2D eigenvalue weighted by Gasteiger charge is -2.45. The summed E-state index contributed by atoms with van der Waals surface area (Å²) in [6.45, 7) is 5.87. The van der Waals surface area contributed by atoms with Gasteiger partial charge in [-0.05, 0) is 80.1 Å². The third-order valence-electron chi connectivity index (χ3n) is 7.76. The van der Waals surface area contributed by atoms with Gasteiger partial charge in [0.25, 0.3) is 0 Å². The van der Waals surface area contributed by atoms with Crippen LogP contribution in [0.2, 0.25) is 0 Å². The monoisotopic (exact) mass is 499 g/mol. The second-order valence-corrected chi connectivity index (χ2v) is 10.5. The zero-order chi connectivity index (χ0) is 25.6. The van der Waals surface area contributed by atoms with Crippen LogP contribution in [0.5, 0.6) is 5.75 Å². The van der Waals surface area contributed by atoms with Crippen molar-refractivity contribution in [3.05, 3.63) is 89.2 Å². The molecule has 190 valence electrons. The molecular weight excluding hydrogens is 469 g/mol. The minimum atomic E-state index is -0.472. The maximum absolute atomic E-state index is 14.2. The Morgan fingerprint density at radius 1 is 0.946 bits per heavy atom. The molecule has 37 heavy (non-hydrogen) atoms. The molecule has 1 fully saturated rings. The Kier molecular flexibility index (Phi) is 5.85. The van der Waals surface area contributed by atoms with E-state index < -0.39 is 5.82 Å². The van der Waals surface area contributed by atoms with Crippen molar-refractivity contribution in [1.82, 2.24) is 15.1 Å². The summed E-state index contributed by atoms with van der Waals surface area (Å²) in [6, 6.07) is 21.6. The number of aryl methyl sites for hydroxylation is 1. The molecule has 0 amide bonds. The highest BCUT2D eigenvalue weighted by Gasteiger charge is 2.52. The summed E-state index contributed by atoms with van der Waals surface area (Å²) in [6.07, 6.45) is 2.92. The van der Waals surface area contributed by atoms with Gasteiger partial charge in [0.05, 0.1) is 19.3 Å². The Balaban J connectivity index is 1.29. The molecule has 2 aliphatic rings. The molecule has 0 N–H and O–H groups in total. The molecular formula is C30H30FN3O3. The lowest BCUT2D eigenvalue weighted by Crippen LogP contribution is -2.54. The lowest BCUT2D eigenvalue weighted by molar-refractivity contribution is -0.0673. The number of aromatic nitrogens is 2. The van der Waals surface area contributed by atoms with Crippen LogP contribution >= 0.6 is 0 Å². The molecule has 1 spiro atoms. The van der Waals surface area contributed by atoms with E-state index in [4.69, 9.17) is 13.9 Å². The Hall–Kier alpha value is -3.55. The SMILES string of the molecule is COc1ccc(-c2nnc(-c3ccc4c(c3)C[C@@]3(CC4)COC(C)(C)N3Cc3ccccc3)o2)cc1F. The summed E-state index contributed by atoms with van der Waals surface area (Å²) < 4.78 is 31.5. The molecule has 6 rings (SSSR count). The number of hydrogen-bond acceptors (Lipinski definition) is 6. The van der Waals surface area contributed by atoms with Gasteiger partial charge in [0.15, 0.2) is 11.6 Å². The molecule has 0 saturated carbocycles.